The third-order valence-corrected chi connectivity index (χ3v) is 2.74. The van der Waals surface area contributed by atoms with Crippen LogP contribution in [0.1, 0.15) is 12.5 Å². The van der Waals surface area contributed by atoms with E-state index in [1.807, 2.05) is 38.1 Å². The van der Waals surface area contributed by atoms with E-state index in [0.717, 1.165) is 11.3 Å². The summed E-state index contributed by atoms with van der Waals surface area (Å²) in [7, 11) is 0. The van der Waals surface area contributed by atoms with Crippen molar-refractivity contribution in [1.29, 1.82) is 0 Å². The summed E-state index contributed by atoms with van der Waals surface area (Å²) < 4.78 is 5.04. The molecule has 0 bridgehead atoms. The number of halogens is 1. The summed E-state index contributed by atoms with van der Waals surface area (Å²) in [5.41, 5.74) is 1.90. The minimum absolute atomic E-state index is 0.129. The zero-order valence-electron chi connectivity index (χ0n) is 8.79. The highest BCUT2D eigenvalue weighted by molar-refractivity contribution is 9.09. The SMILES string of the molecule is Cc1ccc(NC(=O)OC(C)CBr)cc1. The molecule has 0 radical (unpaired) electrons. The summed E-state index contributed by atoms with van der Waals surface area (Å²) in [5.74, 6) is 0. The molecule has 0 spiro atoms. The van der Waals surface area contributed by atoms with Gasteiger partial charge in [-0.1, -0.05) is 33.6 Å². The average molecular weight is 272 g/mol. The molecule has 4 heteroatoms. The summed E-state index contributed by atoms with van der Waals surface area (Å²) in [6.07, 6.45) is -0.554. The lowest BCUT2D eigenvalue weighted by atomic mass is 10.2. The number of alkyl halides is 1. The van der Waals surface area contributed by atoms with Crippen LogP contribution in [0.5, 0.6) is 0 Å². The van der Waals surface area contributed by atoms with E-state index in [1.54, 1.807) is 0 Å². The van der Waals surface area contributed by atoms with Crippen LogP contribution in [0.25, 0.3) is 0 Å². The van der Waals surface area contributed by atoms with Gasteiger partial charge in [0.15, 0.2) is 0 Å². The quantitative estimate of drug-likeness (QED) is 0.857. The fourth-order valence-electron chi connectivity index (χ4n) is 0.998. The number of carbonyl (C=O) groups excluding carboxylic acids is 1. The van der Waals surface area contributed by atoms with Gasteiger partial charge in [-0.05, 0) is 26.0 Å². The first-order chi connectivity index (χ1) is 7.11. The van der Waals surface area contributed by atoms with Gasteiger partial charge in [0.1, 0.15) is 6.10 Å². The van der Waals surface area contributed by atoms with E-state index in [-0.39, 0.29) is 6.10 Å². The zero-order chi connectivity index (χ0) is 11.3. The summed E-state index contributed by atoms with van der Waals surface area (Å²) in [6.45, 7) is 3.82. The van der Waals surface area contributed by atoms with Crippen molar-refractivity contribution < 1.29 is 9.53 Å². The Bertz CT molecular complexity index is 324. The highest BCUT2D eigenvalue weighted by atomic mass is 79.9. The molecule has 1 aromatic rings. The Kier molecular flexibility index (Phi) is 4.62. The van der Waals surface area contributed by atoms with Gasteiger partial charge < -0.3 is 4.74 Å². The van der Waals surface area contributed by atoms with Crippen LogP contribution in [0.3, 0.4) is 0 Å². The van der Waals surface area contributed by atoms with Gasteiger partial charge in [0.2, 0.25) is 0 Å². The van der Waals surface area contributed by atoms with Crippen molar-refractivity contribution in [2.24, 2.45) is 0 Å². The molecule has 1 aromatic carbocycles. The molecule has 0 aromatic heterocycles. The van der Waals surface area contributed by atoms with Crippen LogP contribution in [-0.4, -0.2) is 17.5 Å². The Morgan fingerprint density at radius 3 is 2.60 bits per heavy atom. The minimum atomic E-state index is -0.425. The number of ether oxygens (including phenoxy) is 1. The number of hydrogen-bond donors (Lipinski definition) is 1. The first-order valence-electron chi connectivity index (χ1n) is 4.72. The fourth-order valence-corrected chi connectivity index (χ4v) is 1.13. The van der Waals surface area contributed by atoms with Crippen LogP contribution in [-0.2, 0) is 4.74 Å². The van der Waals surface area contributed by atoms with E-state index < -0.39 is 6.09 Å². The largest absolute Gasteiger partial charge is 0.445 e. The number of aryl methyl sites for hydroxylation is 1. The fraction of sp³-hybridized carbons (Fsp3) is 0.364. The summed E-state index contributed by atoms with van der Waals surface area (Å²) in [6, 6.07) is 7.55. The first kappa shape index (κ1) is 12.0. The Balaban J connectivity index is 2.48. The lowest BCUT2D eigenvalue weighted by Gasteiger charge is -2.11. The summed E-state index contributed by atoms with van der Waals surface area (Å²) in [4.78, 5) is 11.3. The maximum atomic E-state index is 11.3. The van der Waals surface area contributed by atoms with Crippen molar-refractivity contribution >= 4 is 27.7 Å². The number of benzene rings is 1. The summed E-state index contributed by atoms with van der Waals surface area (Å²) in [5, 5.41) is 3.29. The van der Waals surface area contributed by atoms with Gasteiger partial charge >= 0.3 is 6.09 Å². The molecule has 0 fully saturated rings. The monoisotopic (exact) mass is 271 g/mol. The highest BCUT2D eigenvalue weighted by Crippen LogP contribution is 2.09. The molecular weight excluding hydrogens is 258 g/mol. The standard InChI is InChI=1S/C11H14BrNO2/c1-8-3-5-10(6-4-8)13-11(14)15-9(2)7-12/h3-6,9H,7H2,1-2H3,(H,13,14). The zero-order valence-corrected chi connectivity index (χ0v) is 10.4. The van der Waals surface area contributed by atoms with Crippen molar-refractivity contribution in [2.45, 2.75) is 20.0 Å². The Morgan fingerprint density at radius 1 is 1.47 bits per heavy atom. The number of hydrogen-bond acceptors (Lipinski definition) is 2. The molecule has 1 rings (SSSR count). The predicted molar refractivity (Wildman–Crippen MR) is 64.5 cm³/mol. The highest BCUT2D eigenvalue weighted by Gasteiger charge is 2.07. The molecule has 0 heterocycles. The van der Waals surface area contributed by atoms with Crippen LogP contribution in [0.2, 0.25) is 0 Å². The molecule has 82 valence electrons. The van der Waals surface area contributed by atoms with Gasteiger partial charge in [0.25, 0.3) is 0 Å². The number of anilines is 1. The number of amides is 1. The second-order valence-corrected chi connectivity index (χ2v) is 4.01. The number of carbonyl (C=O) groups is 1. The van der Waals surface area contributed by atoms with E-state index in [9.17, 15) is 4.79 Å². The first-order valence-corrected chi connectivity index (χ1v) is 5.84. The van der Waals surface area contributed by atoms with Gasteiger partial charge in [0, 0.05) is 11.0 Å². The third kappa shape index (κ3) is 4.34. The molecule has 1 N–H and O–H groups in total. The van der Waals surface area contributed by atoms with Gasteiger partial charge in [-0.2, -0.15) is 0 Å². The van der Waals surface area contributed by atoms with Crippen LogP contribution in [0, 0.1) is 6.92 Å². The molecule has 1 unspecified atom stereocenters. The average Bonchev–Trinajstić information content (AvgIpc) is 2.21. The van der Waals surface area contributed by atoms with Gasteiger partial charge in [-0.15, -0.1) is 0 Å². The molecule has 0 saturated carbocycles. The van der Waals surface area contributed by atoms with Gasteiger partial charge in [-0.3, -0.25) is 5.32 Å². The number of nitrogens with one attached hydrogen (secondary N) is 1. The second kappa shape index (κ2) is 5.75. The Labute approximate surface area is 97.9 Å². The molecule has 0 saturated heterocycles. The van der Waals surface area contributed by atoms with Crippen molar-refractivity contribution in [3.63, 3.8) is 0 Å². The van der Waals surface area contributed by atoms with E-state index in [2.05, 4.69) is 21.2 Å². The lowest BCUT2D eigenvalue weighted by Crippen LogP contribution is -2.20. The van der Waals surface area contributed by atoms with Crippen LogP contribution < -0.4 is 5.32 Å². The molecule has 15 heavy (non-hydrogen) atoms. The van der Waals surface area contributed by atoms with Crippen molar-refractivity contribution in [3.8, 4) is 0 Å². The third-order valence-electron chi connectivity index (χ3n) is 1.82. The van der Waals surface area contributed by atoms with Crippen molar-refractivity contribution in [2.75, 3.05) is 10.6 Å². The molecule has 1 amide bonds. The van der Waals surface area contributed by atoms with E-state index >= 15 is 0 Å². The second-order valence-electron chi connectivity index (χ2n) is 3.36. The van der Waals surface area contributed by atoms with Gasteiger partial charge in [-0.25, -0.2) is 4.79 Å². The Morgan fingerprint density at radius 2 is 2.07 bits per heavy atom. The van der Waals surface area contributed by atoms with E-state index in [0.29, 0.717) is 5.33 Å². The smallest absolute Gasteiger partial charge is 0.411 e. The van der Waals surface area contributed by atoms with E-state index in [4.69, 9.17) is 4.74 Å². The van der Waals surface area contributed by atoms with E-state index in [1.165, 1.54) is 0 Å². The summed E-state index contributed by atoms with van der Waals surface area (Å²) >= 11 is 3.23. The maximum absolute atomic E-state index is 11.3. The molecular formula is C11H14BrNO2. The molecule has 1 atom stereocenters. The number of rotatable bonds is 3. The molecule has 3 nitrogen and oxygen atoms in total. The Hall–Kier alpha value is -1.03. The predicted octanol–water partition coefficient (Wildman–Crippen LogP) is 3.33. The van der Waals surface area contributed by atoms with Crippen LogP contribution >= 0.6 is 15.9 Å². The topological polar surface area (TPSA) is 38.3 Å². The van der Waals surface area contributed by atoms with Crippen molar-refractivity contribution in [3.05, 3.63) is 29.8 Å². The normalized spacial score (nSPS) is 11.9. The molecule has 0 aliphatic heterocycles. The van der Waals surface area contributed by atoms with Crippen LogP contribution in [0.15, 0.2) is 24.3 Å². The molecule has 0 aliphatic rings. The molecule has 0 aliphatic carbocycles. The maximum Gasteiger partial charge on any atom is 0.411 e. The van der Waals surface area contributed by atoms with Crippen molar-refractivity contribution in [1.82, 2.24) is 0 Å². The minimum Gasteiger partial charge on any atom is -0.445 e. The van der Waals surface area contributed by atoms with Crippen LogP contribution in [0.4, 0.5) is 10.5 Å². The van der Waals surface area contributed by atoms with Gasteiger partial charge in [0.05, 0.1) is 0 Å². The lowest BCUT2D eigenvalue weighted by molar-refractivity contribution is 0.132.